The maximum absolute atomic E-state index is 11.9. The number of aromatic hydroxyl groups is 1. The Bertz CT molecular complexity index is 639. The van der Waals surface area contributed by atoms with Crippen molar-refractivity contribution in [1.29, 1.82) is 0 Å². The van der Waals surface area contributed by atoms with E-state index in [0.717, 1.165) is 32.3 Å². The average Bonchev–Trinajstić information content (AvgIpc) is 3.09. The molecule has 2 N–H and O–H groups in total. The van der Waals surface area contributed by atoms with Crippen molar-refractivity contribution < 1.29 is 9.84 Å². The van der Waals surface area contributed by atoms with Crippen molar-refractivity contribution >= 4 is 18.4 Å². The van der Waals surface area contributed by atoms with Gasteiger partial charge in [0.05, 0.1) is 12.6 Å². The van der Waals surface area contributed by atoms with E-state index in [0.29, 0.717) is 6.54 Å². The summed E-state index contributed by atoms with van der Waals surface area (Å²) in [5.41, 5.74) is -0.232. The Balaban J connectivity index is 1.84. The third-order valence-electron chi connectivity index (χ3n) is 3.62. The van der Waals surface area contributed by atoms with Crippen molar-refractivity contribution in [3.05, 3.63) is 20.7 Å². The van der Waals surface area contributed by atoms with Crippen LogP contribution >= 0.6 is 12.2 Å². The van der Waals surface area contributed by atoms with Gasteiger partial charge in [-0.15, -0.1) is 0 Å². The lowest BCUT2D eigenvalue weighted by atomic mass is 10.2. The molecule has 3 rings (SSSR count). The van der Waals surface area contributed by atoms with Gasteiger partial charge in [0.25, 0.3) is 5.56 Å². The summed E-state index contributed by atoms with van der Waals surface area (Å²) in [6, 6.07) is 0.199. The molecule has 0 amide bonds. The lowest BCUT2D eigenvalue weighted by molar-refractivity contribution is 0.118. The Morgan fingerprint density at radius 1 is 1.50 bits per heavy atom. The van der Waals surface area contributed by atoms with E-state index in [9.17, 15) is 9.90 Å². The highest BCUT2D eigenvalue weighted by atomic mass is 32.1. The Morgan fingerprint density at radius 3 is 2.95 bits per heavy atom. The van der Waals surface area contributed by atoms with Crippen LogP contribution in [0.5, 0.6) is 5.88 Å². The standard InChI is InChI=1S/C13H17N3O3S/c17-11-10(7-14-6-9-2-1-5-19-9)12(18)16(8-3-4-8)13(20)15-11/h7-9,18H,1-6H2,(H,15,17,20)/t9-/m1/s1. The molecular formula is C13H17N3O3S. The van der Waals surface area contributed by atoms with E-state index >= 15 is 0 Å². The highest BCUT2D eigenvalue weighted by Gasteiger charge is 2.27. The zero-order valence-corrected chi connectivity index (χ0v) is 11.9. The highest BCUT2D eigenvalue weighted by Crippen LogP contribution is 2.37. The van der Waals surface area contributed by atoms with Gasteiger partial charge in [-0.1, -0.05) is 0 Å². The van der Waals surface area contributed by atoms with E-state index in [4.69, 9.17) is 17.0 Å². The second-order valence-electron chi connectivity index (χ2n) is 5.23. The summed E-state index contributed by atoms with van der Waals surface area (Å²) in [5, 5.41) is 10.2. The third-order valence-corrected chi connectivity index (χ3v) is 3.92. The van der Waals surface area contributed by atoms with Crippen molar-refractivity contribution in [3.63, 3.8) is 0 Å². The number of hydrogen-bond acceptors (Lipinski definition) is 5. The number of aromatic nitrogens is 2. The zero-order chi connectivity index (χ0) is 14.1. The van der Waals surface area contributed by atoms with Gasteiger partial charge in [0.2, 0.25) is 5.88 Å². The molecule has 7 heteroatoms. The Morgan fingerprint density at radius 2 is 2.30 bits per heavy atom. The first-order chi connectivity index (χ1) is 9.66. The predicted octanol–water partition coefficient (Wildman–Crippen LogP) is 1.54. The molecule has 0 radical (unpaired) electrons. The van der Waals surface area contributed by atoms with Crippen LogP contribution in [0.3, 0.4) is 0 Å². The largest absolute Gasteiger partial charge is 0.494 e. The molecule has 20 heavy (non-hydrogen) atoms. The molecule has 1 aliphatic carbocycles. The van der Waals surface area contributed by atoms with Crippen molar-refractivity contribution in [2.24, 2.45) is 4.99 Å². The van der Waals surface area contributed by atoms with Crippen LogP contribution in [-0.4, -0.2) is 40.1 Å². The quantitative estimate of drug-likeness (QED) is 0.652. The number of aromatic amines is 1. The Kier molecular flexibility index (Phi) is 3.71. The lowest BCUT2D eigenvalue weighted by Crippen LogP contribution is -2.19. The number of nitrogens with zero attached hydrogens (tertiary/aromatic N) is 2. The van der Waals surface area contributed by atoms with Crippen molar-refractivity contribution in [1.82, 2.24) is 9.55 Å². The molecule has 0 unspecified atom stereocenters. The van der Waals surface area contributed by atoms with E-state index in [1.165, 1.54) is 6.21 Å². The minimum Gasteiger partial charge on any atom is -0.494 e. The van der Waals surface area contributed by atoms with Gasteiger partial charge in [-0.3, -0.25) is 19.3 Å². The number of nitrogens with one attached hydrogen (secondary N) is 1. The third kappa shape index (κ3) is 2.69. The van der Waals surface area contributed by atoms with E-state index < -0.39 is 5.56 Å². The number of hydrogen-bond donors (Lipinski definition) is 2. The molecule has 1 saturated carbocycles. The second-order valence-corrected chi connectivity index (χ2v) is 5.61. The molecule has 1 aromatic heterocycles. The topological polar surface area (TPSA) is 79.6 Å². The maximum atomic E-state index is 11.9. The summed E-state index contributed by atoms with van der Waals surface area (Å²) in [6.45, 7) is 1.29. The smallest absolute Gasteiger partial charge is 0.264 e. The molecule has 1 saturated heterocycles. The molecule has 0 spiro atoms. The van der Waals surface area contributed by atoms with E-state index in [-0.39, 0.29) is 28.4 Å². The predicted molar refractivity (Wildman–Crippen MR) is 77.3 cm³/mol. The van der Waals surface area contributed by atoms with Gasteiger partial charge < -0.3 is 9.84 Å². The monoisotopic (exact) mass is 295 g/mol. The number of aliphatic imine (C=N–C) groups is 1. The van der Waals surface area contributed by atoms with E-state index in [2.05, 4.69) is 9.98 Å². The van der Waals surface area contributed by atoms with E-state index in [1.54, 1.807) is 4.57 Å². The van der Waals surface area contributed by atoms with Gasteiger partial charge >= 0.3 is 0 Å². The first kappa shape index (κ1) is 13.5. The van der Waals surface area contributed by atoms with Gasteiger partial charge in [0.1, 0.15) is 5.56 Å². The minimum atomic E-state index is -0.402. The van der Waals surface area contributed by atoms with Gasteiger partial charge in [0, 0.05) is 18.9 Å². The summed E-state index contributed by atoms with van der Waals surface area (Å²) >= 11 is 5.09. The van der Waals surface area contributed by atoms with Crippen LogP contribution in [0.1, 0.15) is 37.3 Å². The Hall–Kier alpha value is -1.47. The lowest BCUT2D eigenvalue weighted by Gasteiger charge is -2.09. The fourth-order valence-corrected chi connectivity index (χ4v) is 2.72. The summed E-state index contributed by atoms with van der Waals surface area (Å²) in [6.07, 6.45) is 5.54. The molecule has 1 aromatic rings. The average molecular weight is 295 g/mol. The Labute approximate surface area is 121 Å². The molecule has 1 atom stereocenters. The van der Waals surface area contributed by atoms with Crippen molar-refractivity contribution in [2.45, 2.75) is 37.8 Å². The first-order valence-corrected chi connectivity index (χ1v) is 7.27. The fraction of sp³-hybridized carbons (Fsp3) is 0.615. The van der Waals surface area contributed by atoms with Crippen LogP contribution in [-0.2, 0) is 4.74 Å². The van der Waals surface area contributed by atoms with Gasteiger partial charge in [0.15, 0.2) is 4.77 Å². The zero-order valence-electron chi connectivity index (χ0n) is 11.0. The molecule has 2 aliphatic rings. The number of rotatable bonds is 4. The number of H-pyrrole nitrogens is 1. The highest BCUT2D eigenvalue weighted by molar-refractivity contribution is 7.71. The normalized spacial score (nSPS) is 22.7. The first-order valence-electron chi connectivity index (χ1n) is 6.86. The van der Waals surface area contributed by atoms with Crippen LogP contribution in [0, 0.1) is 4.77 Å². The fourth-order valence-electron chi connectivity index (χ4n) is 2.39. The molecule has 0 aromatic carbocycles. The molecule has 2 fully saturated rings. The van der Waals surface area contributed by atoms with Crippen LogP contribution in [0.2, 0.25) is 0 Å². The second kappa shape index (κ2) is 5.49. The summed E-state index contributed by atoms with van der Waals surface area (Å²) in [7, 11) is 0. The minimum absolute atomic E-state index is 0.0858. The molecular weight excluding hydrogens is 278 g/mol. The van der Waals surface area contributed by atoms with Crippen LogP contribution < -0.4 is 5.56 Å². The number of ether oxygens (including phenoxy) is 1. The summed E-state index contributed by atoms with van der Waals surface area (Å²) in [4.78, 5) is 18.7. The summed E-state index contributed by atoms with van der Waals surface area (Å²) in [5.74, 6) is -0.0858. The maximum Gasteiger partial charge on any atom is 0.264 e. The molecule has 108 valence electrons. The SMILES string of the molecule is O=c1[nH]c(=S)n(C2CC2)c(O)c1C=NC[C@H]1CCCO1. The van der Waals surface area contributed by atoms with Gasteiger partial charge in [-0.2, -0.15) is 0 Å². The molecule has 1 aliphatic heterocycles. The molecule has 0 bridgehead atoms. The van der Waals surface area contributed by atoms with Crippen LogP contribution in [0.15, 0.2) is 9.79 Å². The van der Waals surface area contributed by atoms with Crippen molar-refractivity contribution in [3.8, 4) is 5.88 Å². The van der Waals surface area contributed by atoms with Crippen LogP contribution in [0.25, 0.3) is 0 Å². The molecule has 2 heterocycles. The van der Waals surface area contributed by atoms with Crippen LogP contribution in [0.4, 0.5) is 0 Å². The van der Waals surface area contributed by atoms with Gasteiger partial charge in [-0.05, 0) is 37.9 Å². The van der Waals surface area contributed by atoms with Crippen molar-refractivity contribution in [2.75, 3.05) is 13.2 Å². The molecule has 6 nitrogen and oxygen atoms in total. The van der Waals surface area contributed by atoms with Gasteiger partial charge in [-0.25, -0.2) is 0 Å². The van der Waals surface area contributed by atoms with E-state index in [1.807, 2.05) is 0 Å². The summed E-state index contributed by atoms with van der Waals surface area (Å²) < 4.78 is 7.33.